The lowest BCUT2D eigenvalue weighted by Crippen LogP contribution is -2.52. The van der Waals surface area contributed by atoms with Gasteiger partial charge in [-0.3, -0.25) is 0 Å². The molecule has 0 spiro atoms. The molecule has 76 valence electrons. The molecule has 1 heterocycles. The molecule has 1 aliphatic rings. The summed E-state index contributed by atoms with van der Waals surface area (Å²) in [6.07, 6.45) is 0. The third kappa shape index (κ3) is 1.35. The number of benzene rings is 1. The first-order chi connectivity index (χ1) is 6.68. The molecule has 2 rings (SSSR count). The minimum absolute atomic E-state index is 0.0957. The van der Waals surface area contributed by atoms with Crippen LogP contribution in [0.2, 0.25) is 0 Å². The zero-order valence-corrected chi connectivity index (χ0v) is 8.84. The Labute approximate surface area is 85.1 Å². The maximum atomic E-state index is 5.81. The van der Waals surface area contributed by atoms with Crippen molar-refractivity contribution in [3.63, 3.8) is 0 Å². The lowest BCUT2D eigenvalue weighted by Gasteiger charge is -2.41. The maximum absolute atomic E-state index is 5.81. The van der Waals surface area contributed by atoms with Crippen LogP contribution in [0, 0.1) is 13.8 Å². The lowest BCUT2D eigenvalue weighted by molar-refractivity contribution is -0.0550. The quantitative estimate of drug-likeness (QED) is 0.769. The van der Waals surface area contributed by atoms with Crippen molar-refractivity contribution in [2.45, 2.75) is 19.3 Å². The predicted octanol–water partition coefficient (Wildman–Crippen LogP) is 1.53. The zero-order valence-electron chi connectivity index (χ0n) is 8.84. The van der Waals surface area contributed by atoms with E-state index in [4.69, 9.17) is 10.5 Å². The van der Waals surface area contributed by atoms with Gasteiger partial charge in [0.05, 0.1) is 18.6 Å². The molecule has 0 bridgehead atoms. The first-order valence-electron chi connectivity index (χ1n) is 5.03. The normalized spacial score (nSPS) is 19.1. The second-order valence-corrected chi connectivity index (χ2v) is 4.28. The number of nitrogens with two attached hydrogens (primary N) is 1. The van der Waals surface area contributed by atoms with Gasteiger partial charge >= 0.3 is 0 Å². The van der Waals surface area contributed by atoms with E-state index in [-0.39, 0.29) is 5.41 Å². The van der Waals surface area contributed by atoms with Crippen LogP contribution in [0.25, 0.3) is 0 Å². The number of hydrogen-bond donors (Lipinski definition) is 1. The number of rotatable bonds is 2. The Kier molecular flexibility index (Phi) is 2.33. The summed E-state index contributed by atoms with van der Waals surface area (Å²) in [5.74, 6) is 0. The zero-order chi connectivity index (χ0) is 10.2. The van der Waals surface area contributed by atoms with E-state index in [0.717, 1.165) is 13.2 Å². The summed E-state index contributed by atoms with van der Waals surface area (Å²) in [4.78, 5) is 0. The number of hydrogen-bond acceptors (Lipinski definition) is 2. The topological polar surface area (TPSA) is 35.2 Å². The van der Waals surface area contributed by atoms with E-state index >= 15 is 0 Å². The van der Waals surface area contributed by atoms with E-state index in [9.17, 15) is 0 Å². The fraction of sp³-hybridized carbons (Fsp3) is 0.500. The van der Waals surface area contributed by atoms with Gasteiger partial charge in [0, 0.05) is 6.54 Å². The van der Waals surface area contributed by atoms with Crippen LogP contribution < -0.4 is 5.73 Å². The van der Waals surface area contributed by atoms with Gasteiger partial charge in [0.15, 0.2) is 0 Å². The molecule has 0 aromatic heterocycles. The van der Waals surface area contributed by atoms with Gasteiger partial charge in [0.2, 0.25) is 0 Å². The summed E-state index contributed by atoms with van der Waals surface area (Å²) < 4.78 is 5.27. The molecular formula is C12H17NO. The third-order valence-corrected chi connectivity index (χ3v) is 3.27. The summed E-state index contributed by atoms with van der Waals surface area (Å²) >= 11 is 0. The first kappa shape index (κ1) is 9.69. The smallest absolute Gasteiger partial charge is 0.0597 e. The van der Waals surface area contributed by atoms with Crippen LogP contribution in [0.4, 0.5) is 0 Å². The van der Waals surface area contributed by atoms with E-state index in [0.29, 0.717) is 6.54 Å². The molecule has 0 radical (unpaired) electrons. The van der Waals surface area contributed by atoms with Crippen molar-refractivity contribution < 1.29 is 4.74 Å². The molecule has 0 saturated carbocycles. The van der Waals surface area contributed by atoms with Crippen LogP contribution in [0.3, 0.4) is 0 Å². The van der Waals surface area contributed by atoms with Gasteiger partial charge < -0.3 is 10.5 Å². The molecule has 2 nitrogen and oxygen atoms in total. The Balaban J connectivity index is 2.36. The summed E-state index contributed by atoms with van der Waals surface area (Å²) in [5.41, 5.74) is 9.90. The minimum Gasteiger partial charge on any atom is -0.379 e. The summed E-state index contributed by atoms with van der Waals surface area (Å²) in [6.45, 7) is 6.49. The molecular weight excluding hydrogens is 174 g/mol. The van der Waals surface area contributed by atoms with E-state index in [1.165, 1.54) is 16.7 Å². The number of aryl methyl sites for hydroxylation is 2. The van der Waals surface area contributed by atoms with Crippen LogP contribution in [0.15, 0.2) is 18.2 Å². The van der Waals surface area contributed by atoms with Gasteiger partial charge in [-0.15, -0.1) is 0 Å². The molecule has 1 aromatic rings. The van der Waals surface area contributed by atoms with E-state index in [2.05, 4.69) is 32.0 Å². The summed E-state index contributed by atoms with van der Waals surface area (Å²) in [7, 11) is 0. The summed E-state index contributed by atoms with van der Waals surface area (Å²) in [6, 6.07) is 6.59. The second-order valence-electron chi connectivity index (χ2n) is 4.28. The van der Waals surface area contributed by atoms with Crippen molar-refractivity contribution in [1.82, 2.24) is 0 Å². The van der Waals surface area contributed by atoms with Crippen molar-refractivity contribution in [1.29, 1.82) is 0 Å². The number of ether oxygens (including phenoxy) is 1. The molecule has 1 aromatic carbocycles. The Bertz CT molecular complexity index is 337. The minimum atomic E-state index is 0.0957. The van der Waals surface area contributed by atoms with Crippen molar-refractivity contribution >= 4 is 0 Å². The molecule has 1 saturated heterocycles. The third-order valence-electron chi connectivity index (χ3n) is 3.27. The molecule has 14 heavy (non-hydrogen) atoms. The van der Waals surface area contributed by atoms with Crippen molar-refractivity contribution in [2.75, 3.05) is 19.8 Å². The highest BCUT2D eigenvalue weighted by Crippen LogP contribution is 2.32. The molecule has 0 atom stereocenters. The molecule has 2 heteroatoms. The average Bonchev–Trinajstić information content (AvgIpc) is 2.10. The van der Waals surface area contributed by atoms with Crippen LogP contribution in [0.1, 0.15) is 16.7 Å². The first-order valence-corrected chi connectivity index (χ1v) is 5.03. The largest absolute Gasteiger partial charge is 0.379 e. The molecule has 1 aliphatic heterocycles. The van der Waals surface area contributed by atoms with E-state index in [1.54, 1.807) is 0 Å². The Morgan fingerprint density at radius 2 is 2.00 bits per heavy atom. The van der Waals surface area contributed by atoms with Gasteiger partial charge in [-0.2, -0.15) is 0 Å². The van der Waals surface area contributed by atoms with Crippen molar-refractivity contribution in [3.05, 3.63) is 34.9 Å². The van der Waals surface area contributed by atoms with Gasteiger partial charge in [-0.05, 0) is 30.5 Å². The van der Waals surface area contributed by atoms with E-state index < -0.39 is 0 Å². The highest BCUT2D eigenvalue weighted by atomic mass is 16.5. The molecule has 0 unspecified atom stereocenters. The van der Waals surface area contributed by atoms with Crippen molar-refractivity contribution in [3.8, 4) is 0 Å². The van der Waals surface area contributed by atoms with Gasteiger partial charge in [0.1, 0.15) is 0 Å². The molecule has 2 N–H and O–H groups in total. The fourth-order valence-corrected chi connectivity index (χ4v) is 1.82. The van der Waals surface area contributed by atoms with Crippen molar-refractivity contribution in [2.24, 2.45) is 5.73 Å². The van der Waals surface area contributed by atoms with Crippen LogP contribution in [-0.4, -0.2) is 19.8 Å². The van der Waals surface area contributed by atoms with E-state index in [1.807, 2.05) is 0 Å². The average molecular weight is 191 g/mol. The van der Waals surface area contributed by atoms with Gasteiger partial charge in [-0.25, -0.2) is 0 Å². The second kappa shape index (κ2) is 3.37. The van der Waals surface area contributed by atoms with Gasteiger partial charge in [-0.1, -0.05) is 18.2 Å². The predicted molar refractivity (Wildman–Crippen MR) is 57.5 cm³/mol. The lowest BCUT2D eigenvalue weighted by atomic mass is 9.78. The Morgan fingerprint density at radius 3 is 2.43 bits per heavy atom. The molecule has 1 fully saturated rings. The summed E-state index contributed by atoms with van der Waals surface area (Å²) in [5, 5.41) is 0. The molecule has 0 aliphatic carbocycles. The van der Waals surface area contributed by atoms with Gasteiger partial charge in [0.25, 0.3) is 0 Å². The Morgan fingerprint density at radius 1 is 1.29 bits per heavy atom. The maximum Gasteiger partial charge on any atom is 0.0597 e. The fourth-order valence-electron chi connectivity index (χ4n) is 1.82. The molecule has 0 amide bonds. The van der Waals surface area contributed by atoms with Crippen LogP contribution in [-0.2, 0) is 10.2 Å². The standard InChI is InChI=1S/C12H17NO/c1-9-3-4-11(5-10(9)2)12(6-13)7-14-8-12/h3-5H,6-8,13H2,1-2H3. The Hall–Kier alpha value is -0.860. The highest BCUT2D eigenvalue weighted by molar-refractivity contribution is 5.36. The van der Waals surface area contributed by atoms with Crippen LogP contribution >= 0.6 is 0 Å². The van der Waals surface area contributed by atoms with Crippen LogP contribution in [0.5, 0.6) is 0 Å². The SMILES string of the molecule is Cc1ccc(C2(CN)COC2)cc1C. The highest BCUT2D eigenvalue weighted by Gasteiger charge is 2.38. The monoisotopic (exact) mass is 191 g/mol.